The number of benzene rings is 1. The highest BCUT2D eigenvalue weighted by Crippen LogP contribution is 2.49. The van der Waals surface area contributed by atoms with Gasteiger partial charge < -0.3 is 10.6 Å². The minimum Gasteiger partial charge on any atom is -0.320 e. The predicted octanol–water partition coefficient (Wildman–Crippen LogP) is 2.62. The number of fused-ring (bicyclic) bond motifs is 1. The Morgan fingerprint density at radius 2 is 1.60 bits per heavy atom. The first-order chi connectivity index (χ1) is 12.0. The van der Waals surface area contributed by atoms with E-state index < -0.39 is 6.03 Å². The summed E-state index contributed by atoms with van der Waals surface area (Å²) < 4.78 is 0. The first kappa shape index (κ1) is 16.1. The maximum absolute atomic E-state index is 12.6. The number of carbonyl (C=O) groups excluding carboxylic acids is 3. The zero-order valence-corrected chi connectivity index (χ0v) is 14.2. The Balaban J connectivity index is 1.38. The van der Waals surface area contributed by atoms with Gasteiger partial charge in [-0.1, -0.05) is 23.8 Å². The number of allylic oxidation sites excluding steroid dienone is 2. The number of halogens is 1. The third-order valence-electron chi connectivity index (χ3n) is 5.35. The van der Waals surface area contributed by atoms with E-state index >= 15 is 0 Å². The van der Waals surface area contributed by atoms with Crippen LogP contribution in [-0.2, 0) is 9.59 Å². The second-order valence-electron chi connectivity index (χ2n) is 6.74. The maximum Gasteiger partial charge on any atom is 0.320 e. The number of urea groups is 1. The number of likely N-dealkylation sites (tertiary alicyclic amines) is 1. The Bertz CT molecular complexity index is 729. The largest absolute Gasteiger partial charge is 0.320 e. The predicted molar refractivity (Wildman–Crippen MR) is 92.7 cm³/mol. The topological polar surface area (TPSA) is 78.5 Å². The summed E-state index contributed by atoms with van der Waals surface area (Å²) in [7, 11) is 0. The second-order valence-corrected chi connectivity index (χ2v) is 7.18. The highest BCUT2D eigenvalue weighted by atomic mass is 35.5. The van der Waals surface area contributed by atoms with Gasteiger partial charge in [0.15, 0.2) is 0 Å². The fraction of sp³-hybridized carbons (Fsp3) is 0.389. The van der Waals surface area contributed by atoms with Crippen molar-refractivity contribution in [2.45, 2.75) is 12.8 Å². The molecule has 1 aromatic rings. The molecule has 1 saturated carbocycles. The van der Waals surface area contributed by atoms with E-state index in [2.05, 4.69) is 22.8 Å². The summed E-state index contributed by atoms with van der Waals surface area (Å²) in [5.74, 6) is -0.532. The summed E-state index contributed by atoms with van der Waals surface area (Å²) in [6.07, 6.45) is 6.06. The molecule has 4 amide bonds. The Morgan fingerprint density at radius 1 is 1.04 bits per heavy atom. The van der Waals surface area contributed by atoms with Crippen molar-refractivity contribution in [3.63, 3.8) is 0 Å². The summed E-state index contributed by atoms with van der Waals surface area (Å²) in [6.45, 7) is -0.108. The minimum absolute atomic E-state index is 0.108. The summed E-state index contributed by atoms with van der Waals surface area (Å²) in [5.41, 5.74) is 0.580. The van der Waals surface area contributed by atoms with Gasteiger partial charge in [-0.25, -0.2) is 4.79 Å². The first-order valence-electron chi connectivity index (χ1n) is 8.38. The molecule has 1 heterocycles. The zero-order valence-electron chi connectivity index (χ0n) is 13.4. The van der Waals surface area contributed by atoms with Crippen molar-refractivity contribution in [3.05, 3.63) is 41.4 Å². The van der Waals surface area contributed by atoms with Crippen molar-refractivity contribution in [3.8, 4) is 0 Å². The van der Waals surface area contributed by atoms with Crippen LogP contribution in [0.25, 0.3) is 0 Å². The van der Waals surface area contributed by atoms with Gasteiger partial charge in [0.05, 0.1) is 11.8 Å². The number of anilines is 1. The van der Waals surface area contributed by atoms with Crippen LogP contribution in [0.5, 0.6) is 0 Å². The maximum atomic E-state index is 12.6. The quantitative estimate of drug-likeness (QED) is 0.643. The lowest BCUT2D eigenvalue weighted by atomic mass is 9.63. The summed E-state index contributed by atoms with van der Waals surface area (Å²) in [5, 5.41) is 5.81. The van der Waals surface area contributed by atoms with E-state index in [1.165, 1.54) is 4.90 Å². The highest BCUT2D eigenvalue weighted by molar-refractivity contribution is 6.30. The molecule has 4 atom stereocenters. The van der Waals surface area contributed by atoms with Crippen LogP contribution in [0, 0.1) is 23.7 Å². The van der Waals surface area contributed by atoms with E-state index in [0.29, 0.717) is 10.7 Å². The molecule has 2 fully saturated rings. The minimum atomic E-state index is -0.473. The molecule has 6 nitrogen and oxygen atoms in total. The molecule has 1 saturated heterocycles. The Labute approximate surface area is 150 Å². The number of carbonyl (C=O) groups is 3. The number of rotatable bonds is 3. The van der Waals surface area contributed by atoms with Gasteiger partial charge in [-0.15, -0.1) is 0 Å². The molecule has 3 aliphatic carbocycles. The van der Waals surface area contributed by atoms with Gasteiger partial charge in [0, 0.05) is 10.7 Å². The first-order valence-corrected chi connectivity index (χ1v) is 8.76. The molecule has 0 unspecified atom stereocenters. The number of amides is 4. The summed E-state index contributed by atoms with van der Waals surface area (Å²) >= 11 is 5.80. The van der Waals surface area contributed by atoms with Crippen molar-refractivity contribution in [1.82, 2.24) is 10.2 Å². The van der Waals surface area contributed by atoms with Crippen molar-refractivity contribution in [1.29, 1.82) is 0 Å². The molecule has 7 heteroatoms. The molecule has 2 N–H and O–H groups in total. The van der Waals surface area contributed by atoms with Crippen molar-refractivity contribution >= 4 is 35.1 Å². The van der Waals surface area contributed by atoms with Crippen molar-refractivity contribution in [2.75, 3.05) is 12.0 Å². The van der Waals surface area contributed by atoms with Gasteiger partial charge in [0.2, 0.25) is 11.8 Å². The van der Waals surface area contributed by atoms with E-state index in [-0.39, 0.29) is 42.2 Å². The molecule has 130 valence electrons. The lowest BCUT2D eigenvalue weighted by molar-refractivity contribution is -0.140. The lowest BCUT2D eigenvalue weighted by Crippen LogP contribution is -2.43. The van der Waals surface area contributed by atoms with Crippen LogP contribution < -0.4 is 10.6 Å². The van der Waals surface area contributed by atoms with Gasteiger partial charge in [0.1, 0.15) is 6.67 Å². The van der Waals surface area contributed by atoms with Crippen LogP contribution in [-0.4, -0.2) is 29.4 Å². The number of hydrogen-bond acceptors (Lipinski definition) is 3. The summed E-state index contributed by atoms with van der Waals surface area (Å²) in [4.78, 5) is 38.5. The molecule has 0 aromatic heterocycles. The molecular weight excluding hydrogens is 342 g/mol. The molecule has 25 heavy (non-hydrogen) atoms. The number of imide groups is 1. The Morgan fingerprint density at radius 3 is 2.12 bits per heavy atom. The molecule has 1 aromatic carbocycles. The second kappa shape index (κ2) is 6.19. The van der Waals surface area contributed by atoms with Crippen LogP contribution in [0.1, 0.15) is 12.8 Å². The van der Waals surface area contributed by atoms with Gasteiger partial charge in [-0.2, -0.15) is 0 Å². The summed E-state index contributed by atoms with van der Waals surface area (Å²) in [6, 6.07) is 6.20. The smallest absolute Gasteiger partial charge is 0.320 e. The third kappa shape index (κ3) is 2.80. The van der Waals surface area contributed by atoms with E-state index in [4.69, 9.17) is 11.6 Å². The van der Waals surface area contributed by atoms with Crippen LogP contribution in [0.15, 0.2) is 36.4 Å². The molecule has 1 aliphatic heterocycles. The number of hydrogen-bond donors (Lipinski definition) is 2. The van der Waals surface area contributed by atoms with Crippen LogP contribution in [0.4, 0.5) is 10.5 Å². The Hall–Kier alpha value is -2.34. The van der Waals surface area contributed by atoms with Gasteiger partial charge in [-0.3, -0.25) is 14.5 Å². The number of nitrogens with zero attached hydrogens (tertiary/aromatic N) is 1. The Kier molecular flexibility index (Phi) is 4.00. The van der Waals surface area contributed by atoms with Crippen LogP contribution >= 0.6 is 11.6 Å². The molecule has 0 spiro atoms. The molecular formula is C18H18ClN3O3. The average molecular weight is 360 g/mol. The van der Waals surface area contributed by atoms with E-state index in [1.807, 2.05) is 0 Å². The highest BCUT2D eigenvalue weighted by Gasteiger charge is 2.56. The normalized spacial score (nSPS) is 29.7. The zero-order chi connectivity index (χ0) is 17.6. The lowest BCUT2D eigenvalue weighted by Gasteiger charge is -2.38. The van der Waals surface area contributed by atoms with Gasteiger partial charge >= 0.3 is 6.03 Å². The van der Waals surface area contributed by atoms with E-state index in [0.717, 1.165) is 12.8 Å². The van der Waals surface area contributed by atoms with E-state index in [1.54, 1.807) is 24.3 Å². The van der Waals surface area contributed by atoms with Crippen LogP contribution in [0.3, 0.4) is 0 Å². The van der Waals surface area contributed by atoms with Crippen molar-refractivity contribution in [2.24, 2.45) is 23.7 Å². The third-order valence-corrected chi connectivity index (χ3v) is 5.60. The van der Waals surface area contributed by atoms with Crippen molar-refractivity contribution < 1.29 is 14.4 Å². The molecule has 0 radical (unpaired) electrons. The average Bonchev–Trinajstić information content (AvgIpc) is 2.89. The SMILES string of the molecule is O=C(NCN1C(=O)[C@@H]2[C@@H](C1=O)[C@H]1C=C[C@H]2CC1)Nc1ccc(Cl)cc1. The molecule has 2 bridgehead atoms. The van der Waals surface area contributed by atoms with E-state index in [9.17, 15) is 14.4 Å². The molecule has 4 aliphatic rings. The monoisotopic (exact) mass is 359 g/mol. The van der Waals surface area contributed by atoms with Crippen LogP contribution in [0.2, 0.25) is 5.02 Å². The fourth-order valence-electron chi connectivity index (χ4n) is 4.15. The van der Waals surface area contributed by atoms with Gasteiger partial charge in [-0.05, 0) is 48.9 Å². The standard InChI is InChI=1S/C18H18ClN3O3/c19-12-5-7-13(8-6-12)21-18(25)20-9-22-16(23)14-10-1-2-11(4-3-10)15(14)17(22)24/h1-2,5-8,10-11,14-15H,3-4,9H2,(H2,20,21,25)/t10-,11-,14-,15-/m0/s1. The fourth-order valence-corrected chi connectivity index (χ4v) is 4.28. The number of nitrogens with one attached hydrogen (secondary N) is 2. The molecule has 5 rings (SSSR count). The van der Waals surface area contributed by atoms with Gasteiger partial charge in [0.25, 0.3) is 0 Å².